The number of amides is 4. The van der Waals surface area contributed by atoms with E-state index in [1.54, 1.807) is 6.92 Å². The van der Waals surface area contributed by atoms with Crippen LogP contribution in [0, 0.1) is 5.92 Å². The molecule has 206 valence electrons. The molecule has 5 unspecified atom stereocenters. The zero-order valence-electron chi connectivity index (χ0n) is 21.0. The van der Waals surface area contributed by atoms with Crippen molar-refractivity contribution in [2.45, 2.75) is 70.1 Å². The number of thioether (sulfide) groups is 1. The van der Waals surface area contributed by atoms with Gasteiger partial charge < -0.3 is 44.0 Å². The maximum Gasteiger partial charge on any atom is 0.326 e. The highest BCUT2D eigenvalue weighted by atomic mass is 32.2. The van der Waals surface area contributed by atoms with Gasteiger partial charge in [0, 0.05) is 6.54 Å². The fourth-order valence-corrected chi connectivity index (χ4v) is 3.54. The molecule has 0 bridgehead atoms. The number of primary amides is 1. The highest BCUT2D eigenvalue weighted by molar-refractivity contribution is 7.98. The number of carboxylic acid groups (broad SMARTS) is 1. The minimum absolute atomic E-state index is 0.103. The van der Waals surface area contributed by atoms with E-state index in [9.17, 15) is 29.1 Å². The first-order chi connectivity index (χ1) is 16.8. The summed E-state index contributed by atoms with van der Waals surface area (Å²) in [4.78, 5) is 65.0. The lowest BCUT2D eigenvalue weighted by Gasteiger charge is -2.28. The van der Waals surface area contributed by atoms with E-state index in [1.807, 2.05) is 13.2 Å². The number of hydrogen-bond acceptors (Lipinski definition) is 8. The summed E-state index contributed by atoms with van der Waals surface area (Å²) in [5.41, 5.74) is 21.4. The topological polar surface area (TPSA) is 258 Å². The fourth-order valence-electron chi connectivity index (χ4n) is 3.07. The smallest absolute Gasteiger partial charge is 0.326 e. The van der Waals surface area contributed by atoms with E-state index in [4.69, 9.17) is 22.9 Å². The lowest BCUT2D eigenvalue weighted by Crippen LogP contribution is -2.58. The zero-order valence-corrected chi connectivity index (χ0v) is 21.8. The van der Waals surface area contributed by atoms with Crippen molar-refractivity contribution in [3.63, 3.8) is 0 Å². The molecule has 0 aliphatic carbocycles. The number of aliphatic imine (C=N–C) groups is 1. The molecular weight excluding hydrogens is 492 g/mol. The molecule has 0 fully saturated rings. The third-order valence-corrected chi connectivity index (χ3v) is 6.00. The number of nitrogens with one attached hydrogen (secondary N) is 3. The molecule has 0 spiro atoms. The van der Waals surface area contributed by atoms with Gasteiger partial charge in [0.25, 0.3) is 0 Å². The number of hydrogen-bond donors (Lipinski definition) is 8. The number of rotatable bonds is 18. The van der Waals surface area contributed by atoms with E-state index in [0.29, 0.717) is 18.6 Å². The van der Waals surface area contributed by atoms with Crippen molar-refractivity contribution in [3.05, 3.63) is 0 Å². The molecule has 0 aromatic heterocycles. The van der Waals surface area contributed by atoms with Gasteiger partial charge in [-0.15, -0.1) is 0 Å². The number of carbonyl (C=O) groups is 5. The third-order valence-electron chi connectivity index (χ3n) is 5.35. The van der Waals surface area contributed by atoms with Crippen LogP contribution < -0.4 is 38.9 Å². The van der Waals surface area contributed by atoms with Crippen LogP contribution in [0.4, 0.5) is 0 Å². The molecule has 0 saturated heterocycles. The summed E-state index contributed by atoms with van der Waals surface area (Å²) in [6.45, 7) is 3.72. The second kappa shape index (κ2) is 17.4. The van der Waals surface area contributed by atoms with Gasteiger partial charge in [0.05, 0.1) is 12.5 Å². The van der Waals surface area contributed by atoms with Crippen LogP contribution in [-0.4, -0.2) is 83.4 Å². The second-order valence-corrected chi connectivity index (χ2v) is 9.33. The molecule has 36 heavy (non-hydrogen) atoms. The van der Waals surface area contributed by atoms with Crippen LogP contribution in [0.3, 0.4) is 0 Å². The first-order valence-corrected chi connectivity index (χ1v) is 12.9. The third kappa shape index (κ3) is 13.1. The van der Waals surface area contributed by atoms with Gasteiger partial charge in [0.1, 0.15) is 18.1 Å². The Kier molecular flexibility index (Phi) is 15.9. The minimum atomic E-state index is -1.24. The zero-order chi connectivity index (χ0) is 27.8. The normalized spacial score (nSPS) is 14.9. The Bertz CT molecular complexity index is 792. The first kappa shape index (κ1) is 32.9. The van der Waals surface area contributed by atoms with E-state index in [2.05, 4.69) is 20.9 Å². The van der Waals surface area contributed by atoms with Crippen molar-refractivity contribution in [2.24, 2.45) is 33.8 Å². The molecule has 14 nitrogen and oxygen atoms in total. The van der Waals surface area contributed by atoms with Gasteiger partial charge in [-0.2, -0.15) is 11.8 Å². The first-order valence-electron chi connectivity index (χ1n) is 11.6. The highest BCUT2D eigenvalue weighted by Crippen LogP contribution is 2.11. The van der Waals surface area contributed by atoms with Crippen molar-refractivity contribution in [1.29, 1.82) is 0 Å². The number of aliphatic carboxylic acids is 1. The number of nitrogens with zero attached hydrogens (tertiary/aromatic N) is 1. The van der Waals surface area contributed by atoms with Crippen molar-refractivity contribution in [1.82, 2.24) is 16.0 Å². The monoisotopic (exact) mass is 532 g/mol. The standard InChI is InChI=1S/C21H40N8O6S/c1-4-11(2)16(29-17(31)12(22)10-15(23)30)19(33)27-13(6-5-8-26-21(24)25)18(32)28-14(20(34)35)7-9-36-3/h11-14,16H,4-10,22H2,1-3H3,(H2,23,30)(H,27,33)(H,28,32)(H,29,31)(H,34,35)(H4,24,25,26). The van der Waals surface area contributed by atoms with E-state index in [1.165, 1.54) is 11.8 Å². The average molecular weight is 533 g/mol. The Hall–Kier alpha value is -3.07. The van der Waals surface area contributed by atoms with Crippen LogP contribution in [0.15, 0.2) is 4.99 Å². The minimum Gasteiger partial charge on any atom is -0.480 e. The number of carboxylic acids is 1. The summed E-state index contributed by atoms with van der Waals surface area (Å²) in [6.07, 6.45) is 2.52. The summed E-state index contributed by atoms with van der Waals surface area (Å²) in [5, 5.41) is 17.0. The Labute approximate surface area is 215 Å². The van der Waals surface area contributed by atoms with Gasteiger partial charge in [-0.3, -0.25) is 24.2 Å². The summed E-state index contributed by atoms with van der Waals surface area (Å²) in [6, 6.07) is -4.57. The lowest BCUT2D eigenvalue weighted by atomic mass is 9.97. The molecular formula is C21H40N8O6S. The maximum absolute atomic E-state index is 13.1. The molecule has 15 heteroatoms. The summed E-state index contributed by atoms with van der Waals surface area (Å²) in [5.74, 6) is -4.05. The molecule has 0 aliphatic rings. The Morgan fingerprint density at radius 3 is 2.06 bits per heavy atom. The fraction of sp³-hybridized carbons (Fsp3) is 0.714. The quantitative estimate of drug-likeness (QED) is 0.0526. The van der Waals surface area contributed by atoms with Crippen LogP contribution in [0.1, 0.15) is 46.0 Å². The van der Waals surface area contributed by atoms with E-state index < -0.39 is 60.2 Å². The van der Waals surface area contributed by atoms with Gasteiger partial charge >= 0.3 is 5.97 Å². The van der Waals surface area contributed by atoms with Gasteiger partial charge in [-0.25, -0.2) is 4.79 Å². The van der Waals surface area contributed by atoms with Crippen LogP contribution in [0.5, 0.6) is 0 Å². The molecule has 0 rings (SSSR count). The molecule has 0 saturated carbocycles. The molecule has 0 radical (unpaired) electrons. The predicted octanol–water partition coefficient (Wildman–Crippen LogP) is -2.42. The molecule has 0 heterocycles. The Morgan fingerprint density at radius 1 is 0.944 bits per heavy atom. The van der Waals surface area contributed by atoms with Crippen molar-refractivity contribution < 1.29 is 29.1 Å². The van der Waals surface area contributed by atoms with Gasteiger partial charge in [-0.1, -0.05) is 20.3 Å². The van der Waals surface area contributed by atoms with Gasteiger partial charge in [-0.05, 0) is 37.2 Å². The van der Waals surface area contributed by atoms with Gasteiger partial charge in [0.2, 0.25) is 23.6 Å². The lowest BCUT2D eigenvalue weighted by molar-refractivity contribution is -0.142. The molecule has 0 aromatic carbocycles. The van der Waals surface area contributed by atoms with Crippen molar-refractivity contribution in [3.8, 4) is 0 Å². The second-order valence-electron chi connectivity index (χ2n) is 8.34. The maximum atomic E-state index is 13.1. The predicted molar refractivity (Wildman–Crippen MR) is 138 cm³/mol. The SMILES string of the molecule is CCC(C)C(NC(=O)C(N)CC(N)=O)C(=O)NC(CCCN=C(N)N)C(=O)NC(CCSC)C(=O)O. The van der Waals surface area contributed by atoms with Crippen LogP contribution in [-0.2, 0) is 24.0 Å². The summed E-state index contributed by atoms with van der Waals surface area (Å²) >= 11 is 1.43. The Morgan fingerprint density at radius 2 is 1.56 bits per heavy atom. The average Bonchev–Trinajstić information content (AvgIpc) is 2.80. The van der Waals surface area contributed by atoms with Crippen molar-refractivity contribution in [2.75, 3.05) is 18.6 Å². The molecule has 12 N–H and O–H groups in total. The molecule has 0 aliphatic heterocycles. The van der Waals surface area contributed by atoms with Crippen LogP contribution >= 0.6 is 11.8 Å². The highest BCUT2D eigenvalue weighted by Gasteiger charge is 2.32. The number of nitrogens with two attached hydrogens (primary N) is 4. The molecule has 5 atom stereocenters. The largest absolute Gasteiger partial charge is 0.480 e. The van der Waals surface area contributed by atoms with Crippen LogP contribution in [0.2, 0.25) is 0 Å². The number of carbonyl (C=O) groups excluding carboxylic acids is 4. The van der Waals surface area contributed by atoms with Gasteiger partial charge in [0.15, 0.2) is 5.96 Å². The summed E-state index contributed by atoms with van der Waals surface area (Å²) < 4.78 is 0. The van der Waals surface area contributed by atoms with E-state index in [-0.39, 0.29) is 31.3 Å². The Balaban J connectivity index is 5.66. The van der Waals surface area contributed by atoms with E-state index in [0.717, 1.165) is 0 Å². The van der Waals surface area contributed by atoms with Crippen LogP contribution in [0.25, 0.3) is 0 Å². The van der Waals surface area contributed by atoms with Crippen molar-refractivity contribution >= 4 is 47.3 Å². The molecule has 4 amide bonds. The number of guanidine groups is 1. The van der Waals surface area contributed by atoms with E-state index >= 15 is 0 Å². The molecule has 0 aromatic rings. The summed E-state index contributed by atoms with van der Waals surface area (Å²) in [7, 11) is 0.